The number of nitrogens with two attached hydrogens (primary N) is 1. The van der Waals surface area contributed by atoms with Gasteiger partial charge >= 0.3 is 6.03 Å². The van der Waals surface area contributed by atoms with E-state index in [1.54, 1.807) is 4.72 Å². The number of aliphatic hydroxyl groups excluding tert-OH is 2. The van der Waals surface area contributed by atoms with Gasteiger partial charge in [-0.25, -0.2) is 14.7 Å². The molecule has 4 aliphatic rings. The Morgan fingerprint density at radius 3 is 2.37 bits per heavy atom. The van der Waals surface area contributed by atoms with Crippen molar-refractivity contribution < 1.29 is 23.4 Å². The van der Waals surface area contributed by atoms with E-state index in [0.29, 0.717) is 42.1 Å². The molecule has 0 aromatic carbocycles. The Morgan fingerprint density at radius 2 is 1.71 bits per heavy atom. The fourth-order valence-corrected chi connectivity index (χ4v) is 10.0. The number of carbonyl (C=O) groups excluding carboxylic acids is 1. The highest BCUT2D eigenvalue weighted by Crippen LogP contribution is 2.69. The van der Waals surface area contributed by atoms with Crippen LogP contribution in [0.1, 0.15) is 85.5 Å². The molecule has 4 aliphatic carbocycles. The van der Waals surface area contributed by atoms with E-state index in [9.17, 15) is 23.4 Å². The summed E-state index contributed by atoms with van der Waals surface area (Å²) in [5.74, 6) is 2.91. The maximum atomic E-state index is 11.8. The molecule has 202 valence electrons. The first kappa shape index (κ1) is 27.1. The summed E-state index contributed by atoms with van der Waals surface area (Å²) in [7, 11) is -4.06. The topological polar surface area (TPSA) is 142 Å². The average molecular weight is 514 g/mol. The van der Waals surface area contributed by atoms with Gasteiger partial charge < -0.3 is 15.5 Å². The second-order valence-corrected chi connectivity index (χ2v) is 14.1. The van der Waals surface area contributed by atoms with Gasteiger partial charge in [-0.15, -0.1) is 0 Å². The lowest BCUT2D eigenvalue weighted by Crippen LogP contribution is -2.62. The van der Waals surface area contributed by atoms with Crippen molar-refractivity contribution in [1.82, 2.24) is 10.0 Å². The third-order valence-electron chi connectivity index (χ3n) is 11.3. The minimum absolute atomic E-state index is 0.167. The largest absolute Gasteiger partial charge is 0.393 e. The molecule has 0 aromatic rings. The fourth-order valence-electron chi connectivity index (χ4n) is 9.71. The van der Waals surface area contributed by atoms with Gasteiger partial charge in [-0.05, 0) is 104 Å². The molecule has 9 heteroatoms. The summed E-state index contributed by atoms with van der Waals surface area (Å²) in [6.45, 7) is 9.75. The third kappa shape index (κ3) is 4.87. The van der Waals surface area contributed by atoms with Crippen LogP contribution in [0.25, 0.3) is 0 Å². The van der Waals surface area contributed by atoms with Crippen LogP contribution in [0.5, 0.6) is 0 Å². The molecule has 11 atom stereocenters. The number of aliphatic hydroxyl groups is 2. The zero-order valence-corrected chi connectivity index (χ0v) is 22.7. The van der Waals surface area contributed by atoms with Gasteiger partial charge in [0, 0.05) is 6.54 Å². The molecule has 0 radical (unpaired) electrons. The Kier molecular flexibility index (Phi) is 7.57. The summed E-state index contributed by atoms with van der Waals surface area (Å²) in [6.07, 6.45) is 8.60. The Hall–Kier alpha value is -0.900. The van der Waals surface area contributed by atoms with Crippen molar-refractivity contribution in [3.8, 4) is 0 Å². The van der Waals surface area contributed by atoms with Crippen molar-refractivity contribution in [2.75, 3.05) is 6.54 Å². The Morgan fingerprint density at radius 1 is 1.06 bits per heavy atom. The highest BCUT2D eigenvalue weighted by Gasteiger charge is 2.64. The highest BCUT2D eigenvalue weighted by atomic mass is 32.2. The van der Waals surface area contributed by atoms with Crippen LogP contribution in [0.15, 0.2) is 0 Å². The molecule has 4 saturated carbocycles. The molecule has 8 nitrogen and oxygen atoms in total. The van der Waals surface area contributed by atoms with Crippen molar-refractivity contribution >= 4 is 16.2 Å². The Bertz CT molecular complexity index is 899. The number of amides is 2. The Balaban J connectivity index is 1.47. The minimum atomic E-state index is -4.06. The van der Waals surface area contributed by atoms with E-state index < -0.39 is 16.2 Å². The lowest BCUT2D eigenvalue weighted by atomic mass is 9.41. The molecule has 0 spiro atoms. The number of urea groups is 1. The maximum absolute atomic E-state index is 11.8. The van der Waals surface area contributed by atoms with Crippen molar-refractivity contribution in [2.24, 2.45) is 57.4 Å². The van der Waals surface area contributed by atoms with E-state index in [1.165, 1.54) is 6.42 Å². The number of fused-ring (bicyclic) bond motifs is 5. The first-order valence-electron chi connectivity index (χ1n) is 13.8. The molecule has 4 rings (SSSR count). The van der Waals surface area contributed by atoms with E-state index in [0.717, 1.165) is 51.4 Å². The van der Waals surface area contributed by atoms with Gasteiger partial charge in [-0.1, -0.05) is 34.1 Å². The normalized spacial score (nSPS) is 46.1. The zero-order valence-electron chi connectivity index (χ0n) is 21.9. The van der Waals surface area contributed by atoms with Crippen LogP contribution < -0.4 is 15.2 Å². The minimum Gasteiger partial charge on any atom is -0.393 e. The molecule has 35 heavy (non-hydrogen) atoms. The highest BCUT2D eigenvalue weighted by molar-refractivity contribution is 7.87. The summed E-state index contributed by atoms with van der Waals surface area (Å²) in [5, 5.41) is 29.7. The van der Waals surface area contributed by atoms with Crippen molar-refractivity contribution in [3.63, 3.8) is 0 Å². The SMILES string of the molecule is CC[C@@H]1C2C[C@H](O)CC[C@]2(C)[C@H]2CC[C@]3(C)[C@@H]([C@H](C)CCNC(=O)NS(N)(=O)=O)CC[C@H]3[C@@H]2[C@@H]1O. The monoisotopic (exact) mass is 513 g/mol. The summed E-state index contributed by atoms with van der Waals surface area (Å²) in [6, 6.07) is -0.785. The first-order valence-corrected chi connectivity index (χ1v) is 15.3. The van der Waals surface area contributed by atoms with E-state index in [-0.39, 0.29) is 29.0 Å². The lowest BCUT2D eigenvalue weighted by Gasteiger charge is -2.64. The Labute approximate surface area is 211 Å². The second-order valence-electron chi connectivity index (χ2n) is 12.8. The summed E-state index contributed by atoms with van der Waals surface area (Å²) >= 11 is 0. The standard InChI is InChI=1S/C26H47N3O5S/c1-5-17-21-14-16(30)8-11-26(21,4)20-9-12-25(3)18(6-7-19(25)22(20)23(17)31)15(2)10-13-28-24(32)29-35(27,33)34/h15-23,30-31H,5-14H2,1-4H3,(H2,27,33,34)(H2,28,29,32)/t15-,16-,17-,18-,19+,20+,21?,22+,23-,25-,26-/m1/s1. The first-order chi connectivity index (χ1) is 16.3. The summed E-state index contributed by atoms with van der Waals surface area (Å²) in [5.41, 5.74) is 0.371. The van der Waals surface area contributed by atoms with E-state index in [4.69, 9.17) is 5.14 Å². The van der Waals surface area contributed by atoms with Crippen molar-refractivity contribution in [2.45, 2.75) is 97.7 Å². The average Bonchev–Trinajstić information content (AvgIpc) is 3.11. The predicted octanol–water partition coefficient (Wildman–Crippen LogP) is 3.14. The quantitative estimate of drug-likeness (QED) is 0.371. The van der Waals surface area contributed by atoms with Gasteiger partial charge in [0.1, 0.15) is 0 Å². The van der Waals surface area contributed by atoms with Gasteiger partial charge in [0.2, 0.25) is 0 Å². The summed E-state index contributed by atoms with van der Waals surface area (Å²) < 4.78 is 23.8. The lowest BCUT2D eigenvalue weighted by molar-refractivity contribution is -0.203. The maximum Gasteiger partial charge on any atom is 0.329 e. The van der Waals surface area contributed by atoms with E-state index >= 15 is 0 Å². The molecule has 0 bridgehead atoms. The van der Waals surface area contributed by atoms with Crippen LogP contribution in [0.3, 0.4) is 0 Å². The molecule has 0 saturated heterocycles. The van der Waals surface area contributed by atoms with Crippen LogP contribution in [-0.2, 0) is 10.2 Å². The summed E-state index contributed by atoms with van der Waals surface area (Å²) in [4.78, 5) is 11.7. The smallest absolute Gasteiger partial charge is 0.329 e. The van der Waals surface area contributed by atoms with Crippen molar-refractivity contribution in [3.05, 3.63) is 0 Å². The van der Waals surface area contributed by atoms with Gasteiger partial charge in [-0.2, -0.15) is 8.42 Å². The molecular formula is C26H47N3O5S. The van der Waals surface area contributed by atoms with Gasteiger partial charge in [0.25, 0.3) is 10.2 Å². The number of nitrogens with one attached hydrogen (secondary N) is 2. The molecule has 0 aromatic heterocycles. The molecule has 6 N–H and O–H groups in total. The van der Waals surface area contributed by atoms with E-state index in [2.05, 4.69) is 33.0 Å². The van der Waals surface area contributed by atoms with Crippen LogP contribution in [-0.4, -0.2) is 43.4 Å². The number of hydrogen-bond acceptors (Lipinski definition) is 5. The fraction of sp³-hybridized carbons (Fsp3) is 0.962. The molecule has 4 fully saturated rings. The van der Waals surface area contributed by atoms with Crippen LogP contribution >= 0.6 is 0 Å². The molecule has 1 unspecified atom stereocenters. The number of rotatable bonds is 6. The van der Waals surface area contributed by atoms with Gasteiger partial charge in [-0.3, -0.25) is 0 Å². The molecule has 0 heterocycles. The van der Waals surface area contributed by atoms with Crippen LogP contribution in [0, 0.1) is 52.3 Å². The second kappa shape index (κ2) is 9.76. The zero-order chi connectivity index (χ0) is 25.8. The van der Waals surface area contributed by atoms with Gasteiger partial charge in [0.15, 0.2) is 0 Å². The van der Waals surface area contributed by atoms with Crippen LogP contribution in [0.4, 0.5) is 4.79 Å². The van der Waals surface area contributed by atoms with Crippen LogP contribution in [0.2, 0.25) is 0 Å². The van der Waals surface area contributed by atoms with Crippen molar-refractivity contribution in [1.29, 1.82) is 0 Å². The third-order valence-corrected chi connectivity index (χ3v) is 11.7. The molecule has 0 aliphatic heterocycles. The predicted molar refractivity (Wildman–Crippen MR) is 135 cm³/mol. The van der Waals surface area contributed by atoms with E-state index in [1.807, 2.05) is 0 Å². The molecular weight excluding hydrogens is 466 g/mol. The number of hydrogen-bond donors (Lipinski definition) is 5. The van der Waals surface area contributed by atoms with Gasteiger partial charge in [0.05, 0.1) is 12.2 Å². The number of carbonyl (C=O) groups is 1. The molecule has 2 amide bonds.